The molecule has 0 saturated carbocycles. The number of ether oxygens (including phenoxy) is 1. The molecular formula is C12H26N2OS. The molecule has 1 fully saturated rings. The fourth-order valence-electron chi connectivity index (χ4n) is 2.46. The molecule has 0 radical (unpaired) electrons. The van der Waals surface area contributed by atoms with E-state index in [9.17, 15) is 0 Å². The molecule has 0 aliphatic carbocycles. The Kier molecular flexibility index (Phi) is 6.73. The zero-order valence-corrected chi connectivity index (χ0v) is 11.6. The Balaban J connectivity index is 2.56. The summed E-state index contributed by atoms with van der Waals surface area (Å²) >= 11 is 2.07. The maximum absolute atomic E-state index is 5.97. The van der Waals surface area contributed by atoms with Crippen molar-refractivity contribution in [2.45, 2.75) is 32.4 Å². The fraction of sp³-hybridized carbons (Fsp3) is 1.00. The molecule has 1 saturated heterocycles. The molecule has 2 N–H and O–H groups in total. The monoisotopic (exact) mass is 246 g/mol. The van der Waals surface area contributed by atoms with Crippen molar-refractivity contribution < 1.29 is 4.74 Å². The third-order valence-corrected chi connectivity index (χ3v) is 4.58. The molecule has 0 bridgehead atoms. The van der Waals surface area contributed by atoms with Crippen molar-refractivity contribution in [3.05, 3.63) is 0 Å². The Morgan fingerprint density at radius 2 is 2.25 bits per heavy atom. The molecule has 4 heteroatoms. The van der Waals surface area contributed by atoms with E-state index in [0.717, 1.165) is 25.6 Å². The van der Waals surface area contributed by atoms with Gasteiger partial charge in [-0.05, 0) is 37.7 Å². The van der Waals surface area contributed by atoms with E-state index in [4.69, 9.17) is 10.5 Å². The summed E-state index contributed by atoms with van der Waals surface area (Å²) < 4.78 is 5.19. The summed E-state index contributed by atoms with van der Waals surface area (Å²) in [6.07, 6.45) is 1.32. The van der Waals surface area contributed by atoms with Crippen molar-refractivity contribution in [2.75, 3.05) is 38.3 Å². The number of rotatable bonds is 7. The van der Waals surface area contributed by atoms with Gasteiger partial charge in [0.1, 0.15) is 0 Å². The summed E-state index contributed by atoms with van der Waals surface area (Å²) in [7, 11) is 1.77. The lowest BCUT2D eigenvalue weighted by atomic mass is 9.96. The van der Waals surface area contributed by atoms with Crippen molar-refractivity contribution in [3.8, 4) is 0 Å². The second kappa shape index (κ2) is 7.54. The standard InChI is InChI=1S/C12H26N2OS/c1-10(2)14(5-6-15-3)12(8-13)11-4-7-16-9-11/h10-12H,4-9,13H2,1-3H3. The van der Waals surface area contributed by atoms with Crippen molar-refractivity contribution in [1.82, 2.24) is 4.90 Å². The number of nitrogens with zero attached hydrogens (tertiary/aromatic N) is 1. The molecule has 3 nitrogen and oxygen atoms in total. The Hall–Kier alpha value is 0.230. The Labute approximate surface area is 104 Å². The molecule has 1 aliphatic rings. The number of hydrogen-bond acceptors (Lipinski definition) is 4. The number of hydrogen-bond donors (Lipinski definition) is 1. The van der Waals surface area contributed by atoms with Gasteiger partial charge in [0.05, 0.1) is 6.61 Å². The molecule has 1 aliphatic heterocycles. The summed E-state index contributed by atoms with van der Waals surface area (Å²) in [5, 5.41) is 0. The predicted octanol–water partition coefficient (Wildman–Crippen LogP) is 1.42. The van der Waals surface area contributed by atoms with Crippen molar-refractivity contribution in [2.24, 2.45) is 11.7 Å². The smallest absolute Gasteiger partial charge is 0.0589 e. The van der Waals surface area contributed by atoms with E-state index in [1.807, 2.05) is 0 Å². The van der Waals surface area contributed by atoms with Gasteiger partial charge < -0.3 is 10.5 Å². The quantitative estimate of drug-likeness (QED) is 0.737. The highest BCUT2D eigenvalue weighted by atomic mass is 32.2. The van der Waals surface area contributed by atoms with Crippen LogP contribution in [0.4, 0.5) is 0 Å². The average molecular weight is 246 g/mol. The molecule has 0 aromatic carbocycles. The predicted molar refractivity (Wildman–Crippen MR) is 72.0 cm³/mol. The van der Waals surface area contributed by atoms with E-state index >= 15 is 0 Å². The molecule has 96 valence electrons. The molecule has 2 unspecified atom stereocenters. The highest BCUT2D eigenvalue weighted by Gasteiger charge is 2.30. The normalized spacial score (nSPS) is 23.2. The third kappa shape index (κ3) is 3.91. The number of thioether (sulfide) groups is 1. The van der Waals surface area contributed by atoms with Crippen LogP contribution in [-0.2, 0) is 4.74 Å². The SMILES string of the molecule is COCCN(C(C)C)C(CN)C1CCSC1. The molecule has 0 aromatic rings. The van der Waals surface area contributed by atoms with Crippen LogP contribution in [0, 0.1) is 5.92 Å². The molecule has 1 rings (SSSR count). The van der Waals surface area contributed by atoms with Gasteiger partial charge in [-0.25, -0.2) is 0 Å². The van der Waals surface area contributed by atoms with Crippen molar-refractivity contribution in [3.63, 3.8) is 0 Å². The molecular weight excluding hydrogens is 220 g/mol. The molecule has 16 heavy (non-hydrogen) atoms. The average Bonchev–Trinajstić information content (AvgIpc) is 2.76. The van der Waals surface area contributed by atoms with Gasteiger partial charge in [-0.15, -0.1) is 0 Å². The first-order valence-corrected chi connectivity index (χ1v) is 7.38. The van der Waals surface area contributed by atoms with Gasteiger partial charge in [0.25, 0.3) is 0 Å². The molecule has 0 spiro atoms. The highest BCUT2D eigenvalue weighted by Crippen LogP contribution is 2.29. The summed E-state index contributed by atoms with van der Waals surface area (Å²) in [5.41, 5.74) is 5.97. The molecule has 0 amide bonds. The van der Waals surface area contributed by atoms with E-state index < -0.39 is 0 Å². The van der Waals surface area contributed by atoms with E-state index in [1.165, 1.54) is 17.9 Å². The first kappa shape index (κ1) is 14.3. The van der Waals surface area contributed by atoms with Crippen LogP contribution in [-0.4, -0.2) is 55.3 Å². The third-order valence-electron chi connectivity index (χ3n) is 3.39. The van der Waals surface area contributed by atoms with Gasteiger partial charge >= 0.3 is 0 Å². The van der Waals surface area contributed by atoms with E-state index in [2.05, 4.69) is 30.5 Å². The van der Waals surface area contributed by atoms with E-state index in [1.54, 1.807) is 7.11 Å². The summed E-state index contributed by atoms with van der Waals surface area (Å²) in [5.74, 6) is 3.35. The Bertz CT molecular complexity index is 184. The lowest BCUT2D eigenvalue weighted by Gasteiger charge is -2.37. The van der Waals surface area contributed by atoms with E-state index in [-0.39, 0.29) is 0 Å². The zero-order valence-electron chi connectivity index (χ0n) is 10.8. The van der Waals surface area contributed by atoms with Gasteiger partial charge in [0.15, 0.2) is 0 Å². The Morgan fingerprint density at radius 3 is 2.69 bits per heavy atom. The zero-order chi connectivity index (χ0) is 12.0. The first-order valence-electron chi connectivity index (χ1n) is 6.23. The number of methoxy groups -OCH3 is 1. The van der Waals surface area contributed by atoms with Crippen LogP contribution in [0.5, 0.6) is 0 Å². The maximum Gasteiger partial charge on any atom is 0.0589 e. The maximum atomic E-state index is 5.97. The van der Waals surface area contributed by atoms with Crippen LogP contribution < -0.4 is 5.73 Å². The van der Waals surface area contributed by atoms with Crippen LogP contribution in [0.25, 0.3) is 0 Å². The second-order valence-electron chi connectivity index (χ2n) is 4.75. The van der Waals surface area contributed by atoms with Crippen LogP contribution in [0.1, 0.15) is 20.3 Å². The van der Waals surface area contributed by atoms with Gasteiger partial charge in [0.2, 0.25) is 0 Å². The van der Waals surface area contributed by atoms with Gasteiger partial charge in [-0.3, -0.25) is 4.90 Å². The topological polar surface area (TPSA) is 38.5 Å². The first-order chi connectivity index (χ1) is 7.70. The van der Waals surface area contributed by atoms with Crippen LogP contribution in [0.3, 0.4) is 0 Å². The minimum Gasteiger partial charge on any atom is -0.383 e. The van der Waals surface area contributed by atoms with Crippen LogP contribution in [0.15, 0.2) is 0 Å². The molecule has 0 aromatic heterocycles. The highest BCUT2D eigenvalue weighted by molar-refractivity contribution is 7.99. The largest absolute Gasteiger partial charge is 0.383 e. The second-order valence-corrected chi connectivity index (χ2v) is 5.90. The Morgan fingerprint density at radius 1 is 1.50 bits per heavy atom. The van der Waals surface area contributed by atoms with Crippen molar-refractivity contribution in [1.29, 1.82) is 0 Å². The molecule has 1 heterocycles. The summed E-state index contributed by atoms with van der Waals surface area (Å²) in [4.78, 5) is 2.51. The van der Waals surface area contributed by atoms with Crippen molar-refractivity contribution >= 4 is 11.8 Å². The van der Waals surface area contributed by atoms with Gasteiger partial charge in [0, 0.05) is 32.3 Å². The van der Waals surface area contributed by atoms with Crippen LogP contribution >= 0.6 is 11.8 Å². The summed E-state index contributed by atoms with van der Waals surface area (Å²) in [6, 6.07) is 1.08. The summed E-state index contributed by atoms with van der Waals surface area (Å²) in [6.45, 7) is 7.07. The minimum atomic E-state index is 0.533. The van der Waals surface area contributed by atoms with Gasteiger partial charge in [-0.2, -0.15) is 11.8 Å². The van der Waals surface area contributed by atoms with Crippen LogP contribution in [0.2, 0.25) is 0 Å². The molecule has 2 atom stereocenters. The van der Waals surface area contributed by atoms with E-state index in [0.29, 0.717) is 12.1 Å². The lowest BCUT2D eigenvalue weighted by molar-refractivity contribution is 0.0771. The number of nitrogens with two attached hydrogens (primary N) is 1. The fourth-order valence-corrected chi connectivity index (χ4v) is 3.79. The van der Waals surface area contributed by atoms with Gasteiger partial charge in [-0.1, -0.05) is 0 Å². The minimum absolute atomic E-state index is 0.533. The lowest BCUT2D eigenvalue weighted by Crippen LogP contribution is -2.50.